The van der Waals surface area contributed by atoms with Crippen molar-refractivity contribution >= 4 is 17.5 Å². The van der Waals surface area contributed by atoms with Crippen LogP contribution in [0.2, 0.25) is 0 Å². The zero-order chi connectivity index (χ0) is 23.6. The summed E-state index contributed by atoms with van der Waals surface area (Å²) in [5.74, 6) is -1.08. The molecule has 1 aliphatic rings. The number of allylic oxidation sites excluding steroid dienone is 2. The number of rotatable bonds is 4. The highest BCUT2D eigenvalue weighted by Gasteiger charge is 2.33. The van der Waals surface area contributed by atoms with E-state index in [2.05, 4.69) is 37.0 Å². The van der Waals surface area contributed by atoms with Gasteiger partial charge in [0.05, 0.1) is 5.56 Å². The highest BCUT2D eigenvalue weighted by atomic mass is 19.4. The van der Waals surface area contributed by atoms with Gasteiger partial charge in [0, 0.05) is 30.8 Å². The lowest BCUT2D eigenvalue weighted by Gasteiger charge is -2.32. The second kappa shape index (κ2) is 9.18. The molecular formula is C25H27F4N3. The van der Waals surface area contributed by atoms with Gasteiger partial charge in [-0.1, -0.05) is 20.1 Å². The third-order valence-corrected chi connectivity index (χ3v) is 5.91. The van der Waals surface area contributed by atoms with E-state index < -0.39 is 17.6 Å². The van der Waals surface area contributed by atoms with Crippen molar-refractivity contribution in [2.24, 2.45) is 0 Å². The Labute approximate surface area is 185 Å². The van der Waals surface area contributed by atoms with Gasteiger partial charge in [-0.05, 0) is 78.0 Å². The van der Waals surface area contributed by atoms with Crippen LogP contribution in [0.5, 0.6) is 0 Å². The lowest BCUT2D eigenvalue weighted by Crippen LogP contribution is -2.34. The maximum Gasteiger partial charge on any atom is 0.417 e. The topological polar surface area (TPSA) is 31.9 Å². The van der Waals surface area contributed by atoms with Gasteiger partial charge in [-0.2, -0.15) is 13.2 Å². The second-order valence-electron chi connectivity index (χ2n) is 8.02. The first-order valence-electron chi connectivity index (χ1n) is 10.4. The van der Waals surface area contributed by atoms with Gasteiger partial charge in [0.1, 0.15) is 0 Å². The number of hydrogen-bond donors (Lipinski definition) is 1. The minimum absolute atomic E-state index is 0.0912. The Kier molecular flexibility index (Phi) is 6.77. The number of aromatic nitrogens is 2. The Balaban J connectivity index is 1.94. The van der Waals surface area contributed by atoms with Crippen LogP contribution in [0.25, 0.3) is 11.6 Å². The molecule has 1 N–H and O–H groups in total. The van der Waals surface area contributed by atoms with Gasteiger partial charge < -0.3 is 9.88 Å². The van der Waals surface area contributed by atoms with Crippen molar-refractivity contribution in [3.05, 3.63) is 81.9 Å². The number of alkyl halides is 3. The van der Waals surface area contributed by atoms with E-state index in [0.29, 0.717) is 31.8 Å². The number of piperidine rings is 1. The zero-order valence-electron chi connectivity index (χ0n) is 18.5. The summed E-state index contributed by atoms with van der Waals surface area (Å²) < 4.78 is 53.0. The zero-order valence-corrected chi connectivity index (χ0v) is 18.5. The highest BCUT2D eigenvalue weighted by molar-refractivity contribution is 5.62. The van der Waals surface area contributed by atoms with E-state index in [1.165, 1.54) is 5.57 Å². The van der Waals surface area contributed by atoms with E-state index in [4.69, 9.17) is 0 Å². The molecule has 1 fully saturated rings. The number of pyridine rings is 1. The third-order valence-electron chi connectivity index (χ3n) is 5.91. The molecule has 3 nitrogen and oxygen atoms in total. The minimum Gasteiger partial charge on any atom is -0.361 e. The molecule has 2 aromatic rings. The van der Waals surface area contributed by atoms with Crippen LogP contribution < -0.4 is 15.5 Å². The van der Waals surface area contributed by atoms with Gasteiger partial charge in [-0.3, -0.25) is 0 Å². The lowest BCUT2D eigenvalue weighted by atomic mass is 9.91. The van der Waals surface area contributed by atoms with Crippen LogP contribution in [0, 0.1) is 5.82 Å². The monoisotopic (exact) mass is 445 g/mol. The van der Waals surface area contributed by atoms with Gasteiger partial charge in [0.25, 0.3) is 0 Å². The van der Waals surface area contributed by atoms with E-state index in [1.807, 2.05) is 25.3 Å². The van der Waals surface area contributed by atoms with E-state index in [0.717, 1.165) is 39.3 Å². The number of halogens is 4. The Morgan fingerprint density at radius 2 is 2.03 bits per heavy atom. The van der Waals surface area contributed by atoms with Crippen molar-refractivity contribution in [3.63, 3.8) is 0 Å². The lowest BCUT2D eigenvalue weighted by molar-refractivity contribution is -0.138. The Morgan fingerprint density at radius 3 is 2.66 bits per heavy atom. The van der Waals surface area contributed by atoms with E-state index in [9.17, 15) is 17.6 Å². The van der Waals surface area contributed by atoms with Crippen molar-refractivity contribution in [2.45, 2.75) is 39.8 Å². The van der Waals surface area contributed by atoms with Gasteiger partial charge in [0.15, 0.2) is 11.6 Å². The molecule has 1 saturated heterocycles. The van der Waals surface area contributed by atoms with Gasteiger partial charge in [-0.15, -0.1) is 0 Å². The highest BCUT2D eigenvalue weighted by Crippen LogP contribution is 2.33. The number of H-pyrrole nitrogens is 1. The standard InChI is InChI=1S/C25H27F4N3/c1-6-15(2)23-19(7-9-30-23)11-17(4)18(5)21-14-32(10-8-16(21)3)24-22(26)12-20(13-31-24)25(27,28)29/h7,9,11-13,30H,3-4,6,8,10,14H2,1-2,5H3/b19-11-,21-18+,23-15+. The average molecular weight is 446 g/mol. The SMILES string of the molecule is C=C(/C=c1/cc[nH]/c1=C(\C)CC)/C(C)=C1\CN(c2ncc(C(F)(F)F)cc2F)CCC1=C. The van der Waals surface area contributed by atoms with Crippen molar-refractivity contribution < 1.29 is 17.6 Å². The molecule has 0 amide bonds. The van der Waals surface area contributed by atoms with Crippen LogP contribution in [0.15, 0.2) is 60.0 Å². The van der Waals surface area contributed by atoms with Crippen LogP contribution in [-0.4, -0.2) is 23.1 Å². The smallest absolute Gasteiger partial charge is 0.361 e. The molecule has 7 heteroatoms. The van der Waals surface area contributed by atoms with E-state index in [1.54, 1.807) is 4.90 Å². The summed E-state index contributed by atoms with van der Waals surface area (Å²) >= 11 is 0. The molecule has 3 rings (SSSR count). The largest absolute Gasteiger partial charge is 0.417 e. The molecule has 3 heterocycles. The Morgan fingerprint density at radius 1 is 1.31 bits per heavy atom. The molecule has 0 aromatic carbocycles. The summed E-state index contributed by atoms with van der Waals surface area (Å²) in [7, 11) is 0. The molecule has 1 aliphatic heterocycles. The molecule has 2 aromatic heterocycles. The Hall–Kier alpha value is -3.09. The van der Waals surface area contributed by atoms with Gasteiger partial charge >= 0.3 is 6.18 Å². The summed E-state index contributed by atoms with van der Waals surface area (Å²) in [5.41, 5.74) is 3.65. The molecule has 170 valence electrons. The molecule has 0 unspecified atom stereocenters. The first-order valence-corrected chi connectivity index (χ1v) is 10.4. The van der Waals surface area contributed by atoms with Crippen LogP contribution in [0.3, 0.4) is 0 Å². The molecule has 0 aliphatic carbocycles. The minimum atomic E-state index is -4.64. The quantitative estimate of drug-likeness (QED) is 0.651. The predicted molar refractivity (Wildman–Crippen MR) is 121 cm³/mol. The van der Waals surface area contributed by atoms with Crippen LogP contribution >= 0.6 is 0 Å². The Bertz CT molecular complexity index is 1200. The second-order valence-corrected chi connectivity index (χ2v) is 8.02. The summed E-state index contributed by atoms with van der Waals surface area (Å²) in [6, 6.07) is 2.48. The van der Waals surface area contributed by atoms with Gasteiger partial charge in [-0.25, -0.2) is 9.37 Å². The number of hydrogen-bond acceptors (Lipinski definition) is 2. The summed E-state index contributed by atoms with van der Waals surface area (Å²) in [5, 5.41) is 2.09. The van der Waals surface area contributed by atoms with Gasteiger partial charge in [0.2, 0.25) is 0 Å². The molecule has 32 heavy (non-hydrogen) atoms. The predicted octanol–water partition coefficient (Wildman–Crippen LogP) is 5.27. The molecule has 0 spiro atoms. The number of anilines is 1. The molecule has 0 atom stereocenters. The van der Waals surface area contributed by atoms with Crippen molar-refractivity contribution in [3.8, 4) is 0 Å². The normalized spacial score (nSPS) is 18.2. The molecule has 0 radical (unpaired) electrons. The van der Waals surface area contributed by atoms with Crippen molar-refractivity contribution in [1.82, 2.24) is 9.97 Å². The van der Waals surface area contributed by atoms with Crippen LogP contribution in [0.1, 0.15) is 39.2 Å². The first-order chi connectivity index (χ1) is 15.0. The van der Waals surface area contributed by atoms with Crippen LogP contribution in [0.4, 0.5) is 23.4 Å². The summed E-state index contributed by atoms with van der Waals surface area (Å²) in [4.78, 5) is 8.68. The fraction of sp³-hybridized carbons (Fsp3) is 0.320. The average Bonchev–Trinajstić information content (AvgIpc) is 3.20. The van der Waals surface area contributed by atoms with Crippen molar-refractivity contribution in [2.75, 3.05) is 18.0 Å². The fourth-order valence-electron chi connectivity index (χ4n) is 3.72. The summed E-state index contributed by atoms with van der Waals surface area (Å²) in [6.45, 7) is 15.2. The first kappa shape index (κ1) is 23.6. The third kappa shape index (κ3) is 4.87. The number of nitrogens with one attached hydrogen (secondary N) is 1. The molecule has 0 bridgehead atoms. The number of aromatic amines is 1. The number of nitrogens with zero attached hydrogens (tertiary/aromatic N) is 2. The fourth-order valence-corrected chi connectivity index (χ4v) is 3.72. The van der Waals surface area contributed by atoms with E-state index in [-0.39, 0.29) is 5.82 Å². The van der Waals surface area contributed by atoms with E-state index >= 15 is 0 Å². The van der Waals surface area contributed by atoms with Crippen molar-refractivity contribution in [1.29, 1.82) is 0 Å². The maximum atomic E-state index is 14.5. The van der Waals surface area contributed by atoms with Crippen LogP contribution in [-0.2, 0) is 6.18 Å². The molecule has 0 saturated carbocycles. The summed E-state index contributed by atoms with van der Waals surface area (Å²) in [6.07, 6.45) is 1.39. The maximum absolute atomic E-state index is 14.5. The molecular weight excluding hydrogens is 418 g/mol.